The van der Waals surface area contributed by atoms with Crippen molar-refractivity contribution < 1.29 is 14.3 Å². The number of esters is 1. The van der Waals surface area contributed by atoms with Crippen LogP contribution >= 0.6 is 0 Å². The lowest BCUT2D eigenvalue weighted by Gasteiger charge is -2.54. The van der Waals surface area contributed by atoms with Gasteiger partial charge in [0.25, 0.3) is 0 Å². The van der Waals surface area contributed by atoms with Crippen molar-refractivity contribution in [2.45, 2.75) is 45.6 Å². The van der Waals surface area contributed by atoms with Gasteiger partial charge in [0, 0.05) is 12.3 Å². The van der Waals surface area contributed by atoms with Gasteiger partial charge in [-0.15, -0.1) is 0 Å². The van der Waals surface area contributed by atoms with Gasteiger partial charge in [-0.2, -0.15) is 0 Å². The van der Waals surface area contributed by atoms with Crippen LogP contribution in [0.3, 0.4) is 0 Å². The Kier molecular flexibility index (Phi) is 2.30. The normalized spacial score (nSPS) is 50.0. The third-order valence-corrected chi connectivity index (χ3v) is 5.95. The summed E-state index contributed by atoms with van der Waals surface area (Å²) in [6.07, 6.45) is 3.74. The van der Waals surface area contributed by atoms with Crippen LogP contribution in [0.15, 0.2) is 12.2 Å². The molecule has 5 atom stereocenters. The molecule has 3 fully saturated rings. The summed E-state index contributed by atoms with van der Waals surface area (Å²) in [6.45, 7) is 8.75. The molecule has 3 rings (SSSR count). The van der Waals surface area contributed by atoms with Gasteiger partial charge in [0.2, 0.25) is 0 Å². The molecule has 18 heavy (non-hydrogen) atoms. The van der Waals surface area contributed by atoms with Crippen molar-refractivity contribution in [3.05, 3.63) is 12.2 Å². The fourth-order valence-electron chi connectivity index (χ4n) is 4.44. The predicted octanol–water partition coefficient (Wildman–Crippen LogP) is 2.50. The highest BCUT2D eigenvalue weighted by Crippen LogP contribution is 2.65. The van der Waals surface area contributed by atoms with E-state index < -0.39 is 5.41 Å². The largest absolute Gasteiger partial charge is 0.461 e. The van der Waals surface area contributed by atoms with Crippen molar-refractivity contribution in [1.82, 2.24) is 0 Å². The highest BCUT2D eigenvalue weighted by Gasteiger charge is 2.66. The summed E-state index contributed by atoms with van der Waals surface area (Å²) < 4.78 is 5.58. The maximum absolute atomic E-state index is 12.2. The molecule has 0 aromatic carbocycles. The molecule has 1 unspecified atom stereocenters. The van der Waals surface area contributed by atoms with Crippen molar-refractivity contribution in [3.63, 3.8) is 0 Å². The van der Waals surface area contributed by atoms with Gasteiger partial charge in [-0.3, -0.25) is 4.79 Å². The molecule has 0 spiro atoms. The van der Waals surface area contributed by atoms with Crippen LogP contribution in [0.1, 0.15) is 39.5 Å². The Morgan fingerprint density at radius 2 is 2.22 bits per heavy atom. The molecule has 1 saturated heterocycles. The molecule has 2 aliphatic carbocycles. The van der Waals surface area contributed by atoms with Crippen LogP contribution in [0, 0.1) is 22.7 Å². The Labute approximate surface area is 108 Å². The summed E-state index contributed by atoms with van der Waals surface area (Å²) in [6, 6.07) is 0. The zero-order valence-corrected chi connectivity index (χ0v) is 11.1. The molecule has 3 heteroatoms. The fourth-order valence-corrected chi connectivity index (χ4v) is 4.44. The molecule has 98 valence electrons. The quantitative estimate of drug-likeness (QED) is 0.428. The molecular weight excluding hydrogens is 228 g/mol. The first-order valence-corrected chi connectivity index (χ1v) is 6.80. The lowest BCUT2D eigenvalue weighted by Crippen LogP contribution is -2.51. The van der Waals surface area contributed by atoms with E-state index in [0.29, 0.717) is 5.92 Å². The first kappa shape index (κ1) is 11.9. The van der Waals surface area contributed by atoms with Gasteiger partial charge in [0.15, 0.2) is 0 Å². The van der Waals surface area contributed by atoms with Crippen LogP contribution in [0.25, 0.3) is 0 Å². The molecule has 0 N–H and O–H groups in total. The van der Waals surface area contributed by atoms with Gasteiger partial charge in [0.05, 0.1) is 5.41 Å². The minimum Gasteiger partial charge on any atom is -0.461 e. The van der Waals surface area contributed by atoms with E-state index in [1.807, 2.05) is 0 Å². The first-order chi connectivity index (χ1) is 8.45. The highest BCUT2D eigenvalue weighted by molar-refractivity contribution is 5.84. The average molecular weight is 248 g/mol. The van der Waals surface area contributed by atoms with Crippen molar-refractivity contribution in [1.29, 1.82) is 0 Å². The van der Waals surface area contributed by atoms with E-state index in [1.165, 1.54) is 0 Å². The van der Waals surface area contributed by atoms with Gasteiger partial charge in [-0.25, -0.2) is 0 Å². The molecule has 2 saturated carbocycles. The van der Waals surface area contributed by atoms with Crippen molar-refractivity contribution in [2.24, 2.45) is 22.7 Å². The second kappa shape index (κ2) is 3.46. The Bertz CT molecular complexity index is 441. The predicted molar refractivity (Wildman–Crippen MR) is 66.7 cm³/mol. The zero-order valence-electron chi connectivity index (χ0n) is 11.1. The van der Waals surface area contributed by atoms with Crippen molar-refractivity contribution in [3.8, 4) is 0 Å². The summed E-state index contributed by atoms with van der Waals surface area (Å²) >= 11 is 0. The second-order valence-electron chi connectivity index (χ2n) is 6.53. The molecule has 0 amide bonds. The Morgan fingerprint density at radius 3 is 2.89 bits per heavy atom. The maximum atomic E-state index is 12.2. The topological polar surface area (TPSA) is 43.4 Å². The van der Waals surface area contributed by atoms with E-state index in [4.69, 9.17) is 4.74 Å². The van der Waals surface area contributed by atoms with E-state index in [2.05, 4.69) is 20.4 Å². The van der Waals surface area contributed by atoms with Crippen molar-refractivity contribution in [2.75, 3.05) is 0 Å². The number of ether oxygens (including phenoxy) is 1. The summed E-state index contributed by atoms with van der Waals surface area (Å²) in [4.78, 5) is 23.2. The van der Waals surface area contributed by atoms with Crippen LogP contribution in [0.4, 0.5) is 0 Å². The minimum atomic E-state index is -0.594. The molecule has 0 aromatic rings. The van der Waals surface area contributed by atoms with Crippen LogP contribution in [0.5, 0.6) is 0 Å². The van der Waals surface area contributed by atoms with E-state index in [-0.39, 0.29) is 29.8 Å². The zero-order chi connectivity index (χ0) is 13.1. The Morgan fingerprint density at radius 1 is 1.50 bits per heavy atom. The molecule has 2 bridgehead atoms. The number of hydrogen-bond acceptors (Lipinski definition) is 3. The van der Waals surface area contributed by atoms with E-state index >= 15 is 0 Å². The maximum Gasteiger partial charge on any atom is 0.313 e. The monoisotopic (exact) mass is 248 g/mol. The third kappa shape index (κ3) is 1.15. The van der Waals surface area contributed by atoms with Crippen molar-refractivity contribution >= 4 is 12.3 Å². The molecule has 3 nitrogen and oxygen atoms in total. The number of carbonyl (C=O) groups excluding carboxylic acids is 2. The summed E-state index contributed by atoms with van der Waals surface area (Å²) in [5.74, 6) is 0.387. The highest BCUT2D eigenvalue weighted by atomic mass is 16.6. The number of hydrogen-bond donors (Lipinski definition) is 0. The van der Waals surface area contributed by atoms with E-state index in [1.54, 1.807) is 0 Å². The summed E-state index contributed by atoms with van der Waals surface area (Å²) in [5, 5.41) is 0. The molecule has 0 radical (unpaired) electrons. The minimum absolute atomic E-state index is 0.0478. The summed E-state index contributed by atoms with van der Waals surface area (Å²) in [7, 11) is 0. The van der Waals surface area contributed by atoms with Gasteiger partial charge in [0.1, 0.15) is 12.4 Å². The molecule has 1 aliphatic heterocycles. The smallest absolute Gasteiger partial charge is 0.313 e. The number of rotatable bonds is 2. The molecular formula is C15H20O3. The number of fused-ring (bicyclic) bond motifs is 1. The van der Waals surface area contributed by atoms with Gasteiger partial charge in [-0.1, -0.05) is 26.0 Å². The lowest BCUT2D eigenvalue weighted by atomic mass is 9.48. The summed E-state index contributed by atoms with van der Waals surface area (Å²) in [5.41, 5.74) is 0.662. The second-order valence-corrected chi connectivity index (χ2v) is 6.53. The van der Waals surface area contributed by atoms with E-state index in [0.717, 1.165) is 31.1 Å². The van der Waals surface area contributed by atoms with Crippen LogP contribution in [-0.2, 0) is 14.3 Å². The lowest BCUT2D eigenvalue weighted by molar-refractivity contribution is -0.150. The Hall–Kier alpha value is -1.12. The molecule has 3 aliphatic rings. The van der Waals surface area contributed by atoms with Gasteiger partial charge in [-0.05, 0) is 30.6 Å². The van der Waals surface area contributed by atoms with E-state index in [9.17, 15) is 9.59 Å². The fraction of sp³-hybridized carbons (Fsp3) is 0.733. The standard InChI is InChI=1S/C15H20O3/c1-9-8-11-12-10(2)14(9,3)4-5-15(12,6-7-16)13(17)18-11/h7,9,11-12H,2,4-6,8H2,1,3H3/t9-,11?,12+,14+,15-/m1/s1. The average Bonchev–Trinajstić information content (AvgIpc) is 2.59. The first-order valence-electron chi connectivity index (χ1n) is 6.80. The van der Waals surface area contributed by atoms with Crippen LogP contribution in [-0.4, -0.2) is 18.4 Å². The SMILES string of the molecule is C=C1[C@H]2C3C[C@@H](C)[C@]1(C)CC[C@]2(CC=O)C(=O)O3. The van der Waals surface area contributed by atoms with Gasteiger partial charge < -0.3 is 9.53 Å². The number of carbonyl (C=O) groups is 2. The Balaban J connectivity index is 2.09. The van der Waals surface area contributed by atoms with Crippen LogP contribution < -0.4 is 0 Å². The third-order valence-electron chi connectivity index (χ3n) is 5.95. The van der Waals surface area contributed by atoms with Gasteiger partial charge >= 0.3 is 5.97 Å². The van der Waals surface area contributed by atoms with Crippen LogP contribution in [0.2, 0.25) is 0 Å². The molecule has 1 heterocycles. The number of aldehydes is 1. The molecule has 0 aromatic heterocycles.